The van der Waals surface area contributed by atoms with Gasteiger partial charge in [-0.25, -0.2) is 13.2 Å². The molecule has 1 aliphatic rings. The SMILES string of the molecule is CS(=O)(=O)c1cc(OCC2CCN(Cc3ccc(C(F)(F)F)cc3)C(OC(=O)C(F)(F)F)C2)ccc1-c1ccccc1. The Morgan fingerprint density at radius 3 is 2.21 bits per heavy atom. The fraction of sp³-hybridized carbons (Fsp3) is 0.345. The molecule has 0 radical (unpaired) electrons. The van der Waals surface area contributed by atoms with Gasteiger partial charge in [-0.1, -0.05) is 42.5 Å². The summed E-state index contributed by atoms with van der Waals surface area (Å²) < 4.78 is 113. The summed E-state index contributed by atoms with van der Waals surface area (Å²) in [6.07, 6.45) is -9.62. The van der Waals surface area contributed by atoms with E-state index >= 15 is 0 Å². The highest BCUT2D eigenvalue weighted by Crippen LogP contribution is 2.33. The zero-order chi connectivity index (χ0) is 30.7. The highest BCUT2D eigenvalue weighted by molar-refractivity contribution is 7.90. The molecule has 0 aliphatic carbocycles. The van der Waals surface area contributed by atoms with Crippen LogP contribution in [-0.2, 0) is 32.1 Å². The molecule has 0 aromatic heterocycles. The van der Waals surface area contributed by atoms with Gasteiger partial charge in [0, 0.05) is 31.3 Å². The van der Waals surface area contributed by atoms with Crippen LogP contribution < -0.4 is 4.74 Å². The number of alkyl halides is 6. The minimum absolute atomic E-state index is 0.00206. The quantitative estimate of drug-likeness (QED) is 0.213. The molecule has 1 fully saturated rings. The zero-order valence-electron chi connectivity index (χ0n) is 22.3. The predicted molar refractivity (Wildman–Crippen MR) is 141 cm³/mol. The molecule has 42 heavy (non-hydrogen) atoms. The predicted octanol–water partition coefficient (Wildman–Crippen LogP) is 6.50. The van der Waals surface area contributed by atoms with Crippen LogP contribution in [0.1, 0.15) is 24.0 Å². The average Bonchev–Trinajstić information content (AvgIpc) is 2.92. The van der Waals surface area contributed by atoms with Crippen LogP contribution in [0.3, 0.4) is 0 Å². The Morgan fingerprint density at radius 2 is 1.62 bits per heavy atom. The first-order valence-electron chi connectivity index (χ1n) is 12.8. The Labute approximate surface area is 238 Å². The fourth-order valence-electron chi connectivity index (χ4n) is 4.69. The van der Waals surface area contributed by atoms with E-state index in [2.05, 4.69) is 0 Å². The number of sulfone groups is 1. The Bertz CT molecular complexity index is 1490. The molecule has 0 amide bonds. The van der Waals surface area contributed by atoms with Crippen molar-refractivity contribution in [3.63, 3.8) is 0 Å². The van der Waals surface area contributed by atoms with Crippen molar-refractivity contribution in [3.8, 4) is 16.9 Å². The number of nitrogens with zero attached hydrogens (tertiary/aromatic N) is 1. The van der Waals surface area contributed by atoms with E-state index < -0.39 is 40.0 Å². The van der Waals surface area contributed by atoms with Crippen LogP contribution >= 0.6 is 0 Å². The topological polar surface area (TPSA) is 72.9 Å². The number of benzene rings is 3. The van der Waals surface area contributed by atoms with E-state index in [1.807, 2.05) is 0 Å². The molecular weight excluding hydrogens is 588 g/mol. The molecule has 0 spiro atoms. The van der Waals surface area contributed by atoms with Gasteiger partial charge in [-0.3, -0.25) is 4.90 Å². The second-order valence-corrected chi connectivity index (χ2v) is 12.0. The van der Waals surface area contributed by atoms with E-state index in [4.69, 9.17) is 9.47 Å². The first kappa shape index (κ1) is 31.4. The Hall–Kier alpha value is -3.58. The maximum absolute atomic E-state index is 13.0. The molecule has 6 nitrogen and oxygen atoms in total. The van der Waals surface area contributed by atoms with Crippen LogP contribution in [0.15, 0.2) is 77.7 Å². The molecule has 2 unspecified atom stereocenters. The zero-order valence-corrected chi connectivity index (χ0v) is 23.1. The summed E-state index contributed by atoms with van der Waals surface area (Å²) in [5.41, 5.74) is 0.718. The fourth-order valence-corrected chi connectivity index (χ4v) is 5.61. The van der Waals surface area contributed by atoms with Crippen molar-refractivity contribution in [2.75, 3.05) is 19.4 Å². The number of piperidine rings is 1. The molecule has 2 atom stereocenters. The largest absolute Gasteiger partial charge is 0.493 e. The number of halogens is 6. The minimum Gasteiger partial charge on any atom is -0.493 e. The number of carbonyl (C=O) groups is 1. The number of rotatable bonds is 8. The summed E-state index contributed by atoms with van der Waals surface area (Å²) >= 11 is 0. The van der Waals surface area contributed by atoms with Crippen LogP contribution in [0.5, 0.6) is 5.75 Å². The van der Waals surface area contributed by atoms with E-state index in [0.717, 1.165) is 18.4 Å². The number of likely N-dealkylation sites (tertiary alicyclic amines) is 1. The number of esters is 1. The molecule has 1 saturated heterocycles. The molecule has 4 rings (SSSR count). The lowest BCUT2D eigenvalue weighted by Crippen LogP contribution is -2.47. The summed E-state index contributed by atoms with van der Waals surface area (Å²) in [6.45, 7) is 0.134. The molecule has 1 aliphatic heterocycles. The van der Waals surface area contributed by atoms with Crippen molar-refractivity contribution >= 4 is 15.8 Å². The molecule has 1 heterocycles. The van der Waals surface area contributed by atoms with Gasteiger partial charge < -0.3 is 9.47 Å². The second-order valence-electron chi connectivity index (χ2n) is 10.0. The van der Waals surface area contributed by atoms with Gasteiger partial charge in [-0.05, 0) is 53.8 Å². The van der Waals surface area contributed by atoms with Gasteiger partial charge in [-0.2, -0.15) is 26.3 Å². The van der Waals surface area contributed by atoms with Crippen LogP contribution in [0.25, 0.3) is 11.1 Å². The first-order valence-corrected chi connectivity index (χ1v) is 14.7. The van der Waals surface area contributed by atoms with Crippen LogP contribution in [0, 0.1) is 5.92 Å². The maximum Gasteiger partial charge on any atom is 0.490 e. The maximum atomic E-state index is 13.0. The molecule has 3 aromatic rings. The van der Waals surface area contributed by atoms with E-state index in [-0.39, 0.29) is 42.7 Å². The summed E-state index contributed by atoms with van der Waals surface area (Å²) in [4.78, 5) is 13.2. The number of hydrogen-bond acceptors (Lipinski definition) is 6. The average molecular weight is 616 g/mol. The third kappa shape index (κ3) is 8.03. The van der Waals surface area contributed by atoms with Crippen molar-refractivity contribution in [2.45, 2.75) is 42.9 Å². The van der Waals surface area contributed by atoms with Gasteiger partial charge in [-0.15, -0.1) is 0 Å². The van der Waals surface area contributed by atoms with Crippen molar-refractivity contribution in [2.24, 2.45) is 5.92 Å². The lowest BCUT2D eigenvalue weighted by Gasteiger charge is -2.38. The molecule has 13 heteroatoms. The molecule has 0 bridgehead atoms. The minimum atomic E-state index is -5.23. The molecular formula is C29H27F6NO5S. The van der Waals surface area contributed by atoms with Gasteiger partial charge in [0.05, 0.1) is 17.1 Å². The van der Waals surface area contributed by atoms with Gasteiger partial charge in [0.1, 0.15) is 5.75 Å². The third-order valence-corrected chi connectivity index (χ3v) is 7.97. The van der Waals surface area contributed by atoms with E-state index in [0.29, 0.717) is 23.1 Å². The normalized spacial score (nSPS) is 18.5. The highest BCUT2D eigenvalue weighted by atomic mass is 32.2. The molecule has 0 N–H and O–H groups in total. The summed E-state index contributed by atoms with van der Waals surface area (Å²) in [5.74, 6) is -2.50. The monoisotopic (exact) mass is 615 g/mol. The first-order chi connectivity index (χ1) is 19.6. The van der Waals surface area contributed by atoms with Gasteiger partial charge in [0.15, 0.2) is 16.1 Å². The number of hydrogen-bond donors (Lipinski definition) is 0. The Kier molecular flexibility index (Phi) is 9.21. The standard InChI is InChI=1S/C29H27F6NO5S/c1-42(38,39)25-16-23(11-12-24(25)21-5-3-2-4-6-21)40-18-20-13-14-36(26(15-20)41-27(37)29(33,34)35)17-19-7-9-22(10-8-19)28(30,31)32/h2-12,16,20,26H,13-15,17-18H2,1H3. The third-order valence-electron chi connectivity index (χ3n) is 6.83. The molecule has 226 valence electrons. The molecule has 0 saturated carbocycles. The summed E-state index contributed by atoms with van der Waals surface area (Å²) in [5, 5.41) is 0. The molecule has 3 aromatic carbocycles. The van der Waals surface area contributed by atoms with E-state index in [9.17, 15) is 39.6 Å². The van der Waals surface area contributed by atoms with Gasteiger partial charge in [0.2, 0.25) is 0 Å². The van der Waals surface area contributed by atoms with Crippen LogP contribution in [0.2, 0.25) is 0 Å². The lowest BCUT2D eigenvalue weighted by atomic mass is 9.95. The number of carbonyl (C=O) groups excluding carboxylic acids is 1. The van der Waals surface area contributed by atoms with Gasteiger partial charge in [0.25, 0.3) is 0 Å². The second kappa shape index (κ2) is 12.3. The van der Waals surface area contributed by atoms with Gasteiger partial charge >= 0.3 is 18.3 Å². The van der Waals surface area contributed by atoms with E-state index in [1.54, 1.807) is 42.5 Å². The van der Waals surface area contributed by atoms with Crippen molar-refractivity contribution in [3.05, 3.63) is 83.9 Å². The van der Waals surface area contributed by atoms with Crippen molar-refractivity contribution < 1.29 is 49.0 Å². The van der Waals surface area contributed by atoms with Crippen LogP contribution in [0.4, 0.5) is 26.3 Å². The Morgan fingerprint density at radius 1 is 0.952 bits per heavy atom. The van der Waals surface area contributed by atoms with Crippen LogP contribution in [-0.4, -0.2) is 51.1 Å². The lowest BCUT2D eigenvalue weighted by molar-refractivity contribution is -0.217. The number of ether oxygens (including phenoxy) is 2. The highest BCUT2D eigenvalue weighted by Gasteiger charge is 2.44. The van der Waals surface area contributed by atoms with E-state index in [1.165, 1.54) is 23.1 Å². The van der Waals surface area contributed by atoms with Crippen molar-refractivity contribution in [1.82, 2.24) is 4.90 Å². The van der Waals surface area contributed by atoms with Crippen molar-refractivity contribution in [1.29, 1.82) is 0 Å². The smallest absolute Gasteiger partial charge is 0.490 e. The summed E-state index contributed by atoms with van der Waals surface area (Å²) in [7, 11) is -3.64. The Balaban J connectivity index is 1.48. The summed E-state index contributed by atoms with van der Waals surface area (Å²) in [6, 6.07) is 17.7.